The van der Waals surface area contributed by atoms with Gasteiger partial charge in [0.05, 0.1) is 12.7 Å². The smallest absolute Gasteiger partial charge is 0.334 e. The molecule has 0 radical (unpaired) electrons. The Morgan fingerprint density at radius 2 is 1.97 bits per heavy atom. The van der Waals surface area contributed by atoms with Crippen molar-refractivity contribution in [1.82, 2.24) is 0 Å². The third-order valence-corrected chi connectivity index (χ3v) is 7.96. The average molecular weight is 421 g/mol. The maximum Gasteiger partial charge on any atom is 0.334 e. The molecule has 1 heterocycles. The summed E-state index contributed by atoms with van der Waals surface area (Å²) in [6, 6.07) is 0. The number of hydrogen-bond donors (Lipinski definition) is 1. The van der Waals surface area contributed by atoms with Crippen LogP contribution in [-0.4, -0.2) is 41.5 Å². The highest BCUT2D eigenvalue weighted by atomic mass is 16.7. The van der Waals surface area contributed by atoms with Gasteiger partial charge in [0.1, 0.15) is 0 Å². The molecular formula is C23H32O7. The maximum absolute atomic E-state index is 12.2. The quantitative estimate of drug-likeness (QED) is 0.701. The van der Waals surface area contributed by atoms with Crippen LogP contribution in [-0.2, 0) is 28.6 Å². The summed E-state index contributed by atoms with van der Waals surface area (Å²) in [6.45, 7) is 5.41. The molecule has 0 aromatic rings. The van der Waals surface area contributed by atoms with E-state index < -0.39 is 23.8 Å². The van der Waals surface area contributed by atoms with Gasteiger partial charge in [-0.15, -0.1) is 0 Å². The molecule has 7 atom stereocenters. The van der Waals surface area contributed by atoms with E-state index in [4.69, 9.17) is 14.2 Å². The van der Waals surface area contributed by atoms with Crippen molar-refractivity contribution < 1.29 is 33.7 Å². The van der Waals surface area contributed by atoms with Gasteiger partial charge >= 0.3 is 17.9 Å². The van der Waals surface area contributed by atoms with Crippen LogP contribution in [0.1, 0.15) is 65.7 Å². The third kappa shape index (κ3) is 3.55. The minimum absolute atomic E-state index is 0.206. The molecule has 0 saturated heterocycles. The van der Waals surface area contributed by atoms with Crippen molar-refractivity contribution >= 4 is 17.9 Å². The monoisotopic (exact) mass is 420 g/mol. The topological polar surface area (TPSA) is 99.1 Å². The normalized spacial score (nSPS) is 42.6. The molecule has 0 spiro atoms. The number of esters is 3. The van der Waals surface area contributed by atoms with E-state index in [2.05, 4.69) is 6.92 Å². The van der Waals surface area contributed by atoms with Gasteiger partial charge in [0.15, 0.2) is 0 Å². The zero-order valence-corrected chi connectivity index (χ0v) is 18.0. The zero-order valence-electron chi connectivity index (χ0n) is 18.0. The first kappa shape index (κ1) is 21.3. The predicted molar refractivity (Wildman–Crippen MR) is 106 cm³/mol. The standard InChI is InChI=1S/C23H32O7/c1-13(24)28-12-15-5-4-6-17-16(9-15)10-19(26)21-18-11-20(27)30-23(18,29-14(2)25)8-7-22(17,21)3/h11,15-17,19,21,26H,4-10,12H2,1-3H3. The van der Waals surface area contributed by atoms with Crippen LogP contribution in [0.3, 0.4) is 0 Å². The Hall–Kier alpha value is -1.89. The molecule has 4 aliphatic rings. The number of fused-ring (bicyclic) bond motifs is 5. The molecule has 7 heteroatoms. The van der Waals surface area contributed by atoms with Gasteiger partial charge in [-0.1, -0.05) is 13.3 Å². The molecule has 0 bridgehead atoms. The van der Waals surface area contributed by atoms with Crippen molar-refractivity contribution in [3.05, 3.63) is 11.6 Å². The van der Waals surface area contributed by atoms with Crippen LogP contribution in [0.5, 0.6) is 0 Å². The van der Waals surface area contributed by atoms with Crippen LogP contribution in [0.25, 0.3) is 0 Å². The molecule has 0 amide bonds. The Balaban J connectivity index is 1.62. The van der Waals surface area contributed by atoms with Gasteiger partial charge < -0.3 is 19.3 Å². The molecular weight excluding hydrogens is 388 g/mol. The highest BCUT2D eigenvalue weighted by Gasteiger charge is 2.64. The number of aliphatic hydroxyl groups excluding tert-OH is 1. The number of aliphatic hydroxyl groups is 1. The van der Waals surface area contributed by atoms with Crippen molar-refractivity contribution in [1.29, 1.82) is 0 Å². The van der Waals surface area contributed by atoms with Gasteiger partial charge in [-0.05, 0) is 55.3 Å². The van der Waals surface area contributed by atoms with E-state index in [-0.39, 0.29) is 17.3 Å². The molecule has 3 aliphatic carbocycles. The second kappa shape index (κ2) is 7.66. The number of rotatable bonds is 3. The number of ether oxygens (including phenoxy) is 3. The Morgan fingerprint density at radius 1 is 1.20 bits per heavy atom. The van der Waals surface area contributed by atoms with E-state index in [1.807, 2.05) is 0 Å². The first-order chi connectivity index (χ1) is 14.1. The average Bonchev–Trinajstić information content (AvgIpc) is 2.82. The van der Waals surface area contributed by atoms with Gasteiger partial charge in [0, 0.05) is 37.8 Å². The van der Waals surface area contributed by atoms with Crippen molar-refractivity contribution in [3.63, 3.8) is 0 Å². The molecule has 3 saturated carbocycles. The lowest BCUT2D eigenvalue weighted by molar-refractivity contribution is -0.229. The minimum Gasteiger partial charge on any atom is -0.466 e. The second-order valence-corrected chi connectivity index (χ2v) is 9.86. The fraction of sp³-hybridized carbons (Fsp3) is 0.783. The van der Waals surface area contributed by atoms with Crippen LogP contribution in [0.15, 0.2) is 11.6 Å². The van der Waals surface area contributed by atoms with Crippen LogP contribution >= 0.6 is 0 Å². The highest BCUT2D eigenvalue weighted by Crippen LogP contribution is 2.63. The van der Waals surface area contributed by atoms with E-state index >= 15 is 0 Å². The summed E-state index contributed by atoms with van der Waals surface area (Å²) in [6.07, 6.45) is 6.60. The maximum atomic E-state index is 12.2. The molecule has 0 aromatic heterocycles. The lowest BCUT2D eigenvalue weighted by Gasteiger charge is -2.58. The fourth-order valence-electron chi connectivity index (χ4n) is 6.91. The molecule has 1 N–H and O–H groups in total. The molecule has 7 unspecified atom stereocenters. The summed E-state index contributed by atoms with van der Waals surface area (Å²) in [7, 11) is 0. The molecule has 7 nitrogen and oxygen atoms in total. The summed E-state index contributed by atoms with van der Waals surface area (Å²) < 4.78 is 16.3. The number of carbonyl (C=O) groups is 3. The van der Waals surface area contributed by atoms with Crippen molar-refractivity contribution in [2.75, 3.05) is 6.61 Å². The van der Waals surface area contributed by atoms with Gasteiger partial charge in [-0.3, -0.25) is 9.59 Å². The van der Waals surface area contributed by atoms with Gasteiger partial charge in [-0.25, -0.2) is 4.79 Å². The number of carbonyl (C=O) groups excluding carboxylic acids is 3. The van der Waals surface area contributed by atoms with Crippen LogP contribution in [0, 0.1) is 29.1 Å². The first-order valence-electron chi connectivity index (χ1n) is 11.1. The summed E-state index contributed by atoms with van der Waals surface area (Å²) in [4.78, 5) is 35.2. The van der Waals surface area contributed by atoms with Crippen molar-refractivity contribution in [3.8, 4) is 0 Å². The summed E-state index contributed by atoms with van der Waals surface area (Å²) in [5, 5.41) is 11.3. The van der Waals surface area contributed by atoms with E-state index in [0.29, 0.717) is 49.2 Å². The van der Waals surface area contributed by atoms with Crippen molar-refractivity contribution in [2.45, 2.75) is 77.6 Å². The Kier molecular flexibility index (Phi) is 5.45. The zero-order chi connectivity index (χ0) is 21.7. The summed E-state index contributed by atoms with van der Waals surface area (Å²) in [5.41, 5.74) is 0.422. The van der Waals surface area contributed by atoms with Crippen LogP contribution in [0.4, 0.5) is 0 Å². The largest absolute Gasteiger partial charge is 0.466 e. The van der Waals surface area contributed by atoms with E-state index in [1.54, 1.807) is 0 Å². The molecule has 166 valence electrons. The number of hydrogen-bond acceptors (Lipinski definition) is 7. The first-order valence-corrected chi connectivity index (χ1v) is 11.1. The second-order valence-electron chi connectivity index (χ2n) is 9.86. The lowest BCUT2D eigenvalue weighted by atomic mass is 9.48. The van der Waals surface area contributed by atoms with E-state index in [0.717, 1.165) is 25.7 Å². The van der Waals surface area contributed by atoms with E-state index in [9.17, 15) is 19.5 Å². The highest BCUT2D eigenvalue weighted by molar-refractivity contribution is 5.87. The summed E-state index contributed by atoms with van der Waals surface area (Å²) in [5.74, 6) is -1.84. The SMILES string of the molecule is CC(=O)OCC1CCCC2C(C1)CC(O)C1C3=CC(=O)OC3(OC(C)=O)CCC21C. The molecule has 3 fully saturated rings. The molecule has 0 aromatic carbocycles. The van der Waals surface area contributed by atoms with Gasteiger partial charge in [0.25, 0.3) is 5.79 Å². The Bertz CT molecular complexity index is 774. The van der Waals surface area contributed by atoms with Gasteiger partial charge in [-0.2, -0.15) is 0 Å². The molecule has 30 heavy (non-hydrogen) atoms. The molecule has 4 rings (SSSR count). The molecule has 1 aliphatic heterocycles. The lowest BCUT2D eigenvalue weighted by Crippen LogP contribution is -2.58. The van der Waals surface area contributed by atoms with Crippen molar-refractivity contribution in [2.24, 2.45) is 29.1 Å². The van der Waals surface area contributed by atoms with Crippen LogP contribution < -0.4 is 0 Å². The Labute approximate surface area is 177 Å². The summed E-state index contributed by atoms with van der Waals surface area (Å²) >= 11 is 0. The fourth-order valence-corrected chi connectivity index (χ4v) is 6.91. The third-order valence-electron chi connectivity index (χ3n) is 7.96. The van der Waals surface area contributed by atoms with E-state index in [1.165, 1.54) is 19.9 Å². The predicted octanol–water partition coefficient (Wildman–Crippen LogP) is 2.90. The minimum atomic E-state index is -1.36. The van der Waals surface area contributed by atoms with Crippen LogP contribution in [0.2, 0.25) is 0 Å². The van der Waals surface area contributed by atoms with Gasteiger partial charge in [0.2, 0.25) is 0 Å². The Morgan fingerprint density at radius 3 is 2.67 bits per heavy atom.